The number of carbonyl (C=O) groups excluding carboxylic acids is 1. The zero-order chi connectivity index (χ0) is 23.8. The number of benzene rings is 2. The van der Waals surface area contributed by atoms with Gasteiger partial charge in [0.25, 0.3) is 0 Å². The normalized spacial score (nSPS) is 11.5. The molecule has 0 saturated carbocycles. The van der Waals surface area contributed by atoms with E-state index in [2.05, 4.69) is 4.98 Å². The molecular weight excluding hydrogens is 461 g/mol. The van der Waals surface area contributed by atoms with E-state index in [9.17, 15) is 22.8 Å². The fraction of sp³-hybridized carbons (Fsp3) is 0.136. The molecule has 0 aliphatic carbocycles. The molecule has 0 aliphatic heterocycles. The van der Waals surface area contributed by atoms with Gasteiger partial charge in [-0.1, -0.05) is 18.2 Å². The van der Waals surface area contributed by atoms with Gasteiger partial charge < -0.3 is 14.6 Å². The van der Waals surface area contributed by atoms with Crippen molar-refractivity contribution >= 4 is 34.3 Å². The van der Waals surface area contributed by atoms with Gasteiger partial charge in [0.15, 0.2) is 4.88 Å². The molecule has 0 saturated heterocycles. The second-order valence-electron chi connectivity index (χ2n) is 6.84. The second-order valence-corrected chi connectivity index (χ2v) is 7.87. The summed E-state index contributed by atoms with van der Waals surface area (Å²) in [5, 5.41) is 9.63. The van der Waals surface area contributed by atoms with E-state index in [4.69, 9.17) is 14.6 Å². The zero-order valence-electron chi connectivity index (χ0n) is 16.9. The van der Waals surface area contributed by atoms with Crippen LogP contribution in [0.1, 0.15) is 31.2 Å². The summed E-state index contributed by atoms with van der Waals surface area (Å²) >= 11 is 1.01. The van der Waals surface area contributed by atoms with Gasteiger partial charge in [-0.15, -0.1) is 11.3 Å². The summed E-state index contributed by atoms with van der Waals surface area (Å²) in [6, 6.07) is 10.9. The molecule has 4 rings (SSSR count). The topological polar surface area (TPSA) is 90.7 Å². The van der Waals surface area contributed by atoms with E-state index in [1.165, 1.54) is 49.8 Å². The van der Waals surface area contributed by atoms with Crippen LogP contribution in [-0.2, 0) is 17.5 Å². The van der Waals surface area contributed by atoms with Crippen molar-refractivity contribution in [3.63, 3.8) is 0 Å². The lowest BCUT2D eigenvalue weighted by Gasteiger charge is -2.13. The maximum absolute atomic E-state index is 13.3. The molecular formula is C22H15F3N2O5S. The van der Waals surface area contributed by atoms with Crippen LogP contribution in [0.3, 0.4) is 0 Å². The molecule has 170 valence electrons. The Balaban J connectivity index is 1.70. The molecule has 4 aromatic rings. The number of rotatable bonds is 6. The van der Waals surface area contributed by atoms with Crippen molar-refractivity contribution in [2.24, 2.45) is 0 Å². The molecule has 0 radical (unpaired) electrons. The van der Waals surface area contributed by atoms with Crippen LogP contribution < -0.4 is 4.74 Å². The number of imidazole rings is 1. The summed E-state index contributed by atoms with van der Waals surface area (Å²) in [6.45, 7) is -0.414. The predicted molar refractivity (Wildman–Crippen MR) is 113 cm³/mol. The minimum atomic E-state index is -4.55. The van der Waals surface area contributed by atoms with Gasteiger partial charge in [-0.3, -0.25) is 4.57 Å². The summed E-state index contributed by atoms with van der Waals surface area (Å²) in [5.41, 5.74) is 0.162. The Bertz CT molecular complexity index is 1360. The van der Waals surface area contributed by atoms with Crippen LogP contribution in [0.25, 0.3) is 16.0 Å². The van der Waals surface area contributed by atoms with Crippen molar-refractivity contribution in [3.8, 4) is 10.8 Å². The molecule has 1 N–H and O–H groups in total. The summed E-state index contributed by atoms with van der Waals surface area (Å²) in [7, 11) is 1.19. The monoisotopic (exact) mass is 476 g/mol. The predicted octanol–water partition coefficient (Wildman–Crippen LogP) is 5.17. The number of esters is 1. The van der Waals surface area contributed by atoms with E-state index < -0.39 is 30.3 Å². The zero-order valence-corrected chi connectivity index (χ0v) is 17.7. The summed E-state index contributed by atoms with van der Waals surface area (Å²) in [5.74, 6) is -1.74. The van der Waals surface area contributed by atoms with Gasteiger partial charge in [0, 0.05) is 11.6 Å². The number of aromatic nitrogens is 2. The number of methoxy groups -OCH3 is 1. The van der Waals surface area contributed by atoms with Gasteiger partial charge in [0.1, 0.15) is 23.7 Å². The largest absolute Gasteiger partial charge is 0.487 e. The van der Waals surface area contributed by atoms with Crippen molar-refractivity contribution in [2.45, 2.75) is 12.8 Å². The number of nitrogens with zero attached hydrogens (tertiary/aromatic N) is 2. The Hall–Kier alpha value is -3.86. The first-order chi connectivity index (χ1) is 15.7. The number of halogens is 3. The van der Waals surface area contributed by atoms with Crippen LogP contribution in [-0.4, -0.2) is 33.7 Å². The molecule has 0 unspecified atom stereocenters. The molecule has 2 aromatic carbocycles. The number of alkyl halides is 3. The first kappa shape index (κ1) is 22.3. The van der Waals surface area contributed by atoms with Crippen LogP contribution in [0.4, 0.5) is 13.2 Å². The SMILES string of the molecule is COC(=O)c1sc(-n2cnc3cc(C(=O)O)ccc32)cc1OCc1ccccc1C(F)(F)F. The number of hydrogen-bond acceptors (Lipinski definition) is 6. The number of hydrogen-bond donors (Lipinski definition) is 1. The molecule has 0 fully saturated rings. The summed E-state index contributed by atoms with van der Waals surface area (Å²) < 4.78 is 51.9. The van der Waals surface area contributed by atoms with Gasteiger partial charge in [0.2, 0.25) is 0 Å². The number of carboxylic acids is 1. The molecule has 7 nitrogen and oxygen atoms in total. The van der Waals surface area contributed by atoms with Gasteiger partial charge in [0.05, 0.1) is 29.3 Å². The molecule has 0 atom stereocenters. The van der Waals surface area contributed by atoms with Crippen molar-refractivity contribution in [1.29, 1.82) is 0 Å². The molecule has 0 bridgehead atoms. The standard InChI is InChI=1S/C22H15F3N2O5S/c1-31-21(30)19-17(32-10-13-4-2-3-5-14(13)22(23,24)25)9-18(33-19)27-11-26-15-8-12(20(28)29)6-7-16(15)27/h2-9,11H,10H2,1H3,(H,28,29). The minimum Gasteiger partial charge on any atom is -0.487 e. The molecule has 0 aliphatic rings. The van der Waals surface area contributed by atoms with Crippen LogP contribution in [0.2, 0.25) is 0 Å². The minimum absolute atomic E-state index is 0.0582. The Morgan fingerprint density at radius 1 is 1.15 bits per heavy atom. The molecule has 0 spiro atoms. The lowest BCUT2D eigenvalue weighted by Crippen LogP contribution is -2.11. The van der Waals surface area contributed by atoms with Crippen LogP contribution in [0.15, 0.2) is 54.9 Å². The van der Waals surface area contributed by atoms with Gasteiger partial charge in [-0.05, 0) is 24.3 Å². The van der Waals surface area contributed by atoms with Crippen molar-refractivity contribution < 1.29 is 37.3 Å². The number of carboxylic acid groups (broad SMARTS) is 1. The number of thiophene rings is 1. The van der Waals surface area contributed by atoms with Gasteiger partial charge >= 0.3 is 18.1 Å². The average Bonchev–Trinajstić information content (AvgIpc) is 3.40. The number of ether oxygens (including phenoxy) is 2. The van der Waals surface area contributed by atoms with E-state index >= 15 is 0 Å². The smallest absolute Gasteiger partial charge is 0.416 e. The summed E-state index contributed by atoms with van der Waals surface area (Å²) in [4.78, 5) is 27.7. The highest BCUT2D eigenvalue weighted by Crippen LogP contribution is 2.36. The van der Waals surface area contributed by atoms with Crippen LogP contribution in [0, 0.1) is 0 Å². The Morgan fingerprint density at radius 3 is 2.61 bits per heavy atom. The lowest BCUT2D eigenvalue weighted by atomic mass is 10.1. The molecule has 0 amide bonds. The second kappa shape index (κ2) is 8.58. The molecule has 2 aromatic heterocycles. The third-order valence-electron chi connectivity index (χ3n) is 4.79. The maximum Gasteiger partial charge on any atom is 0.416 e. The lowest BCUT2D eigenvalue weighted by molar-refractivity contribution is -0.138. The summed E-state index contributed by atoms with van der Waals surface area (Å²) in [6.07, 6.45) is -3.10. The fourth-order valence-corrected chi connectivity index (χ4v) is 4.23. The van der Waals surface area contributed by atoms with E-state index in [-0.39, 0.29) is 21.8 Å². The van der Waals surface area contributed by atoms with Crippen molar-refractivity contribution in [3.05, 3.63) is 76.4 Å². The fourth-order valence-electron chi connectivity index (χ4n) is 3.22. The molecule has 2 heterocycles. The number of fused-ring (bicyclic) bond motifs is 1. The van der Waals surface area contributed by atoms with E-state index in [0.717, 1.165) is 17.4 Å². The Morgan fingerprint density at radius 2 is 1.91 bits per heavy atom. The van der Waals surface area contributed by atoms with E-state index in [1.807, 2.05) is 0 Å². The number of carbonyl (C=O) groups is 2. The first-order valence-corrected chi connectivity index (χ1v) is 10.2. The Labute approximate surface area is 188 Å². The quantitative estimate of drug-likeness (QED) is 0.386. The average molecular weight is 476 g/mol. The number of aromatic carboxylic acids is 1. The van der Waals surface area contributed by atoms with E-state index in [1.54, 1.807) is 10.6 Å². The third kappa shape index (κ3) is 4.40. The van der Waals surface area contributed by atoms with Crippen LogP contribution >= 0.6 is 11.3 Å². The highest BCUT2D eigenvalue weighted by Gasteiger charge is 2.33. The van der Waals surface area contributed by atoms with Gasteiger partial charge in [-0.2, -0.15) is 13.2 Å². The highest BCUT2D eigenvalue weighted by atomic mass is 32.1. The maximum atomic E-state index is 13.3. The molecule has 11 heteroatoms. The highest BCUT2D eigenvalue weighted by molar-refractivity contribution is 7.16. The first-order valence-electron chi connectivity index (χ1n) is 9.40. The third-order valence-corrected chi connectivity index (χ3v) is 5.89. The van der Waals surface area contributed by atoms with Crippen molar-refractivity contribution in [1.82, 2.24) is 9.55 Å². The van der Waals surface area contributed by atoms with Crippen molar-refractivity contribution in [2.75, 3.05) is 7.11 Å². The van der Waals surface area contributed by atoms with Crippen LogP contribution in [0.5, 0.6) is 5.75 Å². The Kier molecular flexibility index (Phi) is 5.81. The molecule has 33 heavy (non-hydrogen) atoms. The van der Waals surface area contributed by atoms with E-state index in [0.29, 0.717) is 16.0 Å². The van der Waals surface area contributed by atoms with Gasteiger partial charge in [-0.25, -0.2) is 14.6 Å².